The van der Waals surface area contributed by atoms with E-state index in [9.17, 15) is 22.8 Å². The molecule has 2 bridgehead atoms. The molecule has 1 aliphatic heterocycles. The third kappa shape index (κ3) is 8.59. The predicted octanol–water partition coefficient (Wildman–Crippen LogP) is 1.25. The Labute approximate surface area is 224 Å². The van der Waals surface area contributed by atoms with Crippen LogP contribution in [0.2, 0.25) is 0 Å². The van der Waals surface area contributed by atoms with E-state index in [4.69, 9.17) is 14.2 Å². The quantitative estimate of drug-likeness (QED) is 0.502. The van der Waals surface area contributed by atoms with Crippen molar-refractivity contribution in [2.75, 3.05) is 52.8 Å². The van der Waals surface area contributed by atoms with Gasteiger partial charge in [0.2, 0.25) is 15.9 Å². The Hall–Kier alpha value is -2.86. The first-order valence-electron chi connectivity index (χ1n) is 13.0. The first-order valence-corrected chi connectivity index (χ1v) is 14.9. The van der Waals surface area contributed by atoms with E-state index in [-0.39, 0.29) is 57.7 Å². The normalized spacial score (nSPS) is 22.7. The molecule has 2 N–H and O–H groups in total. The fourth-order valence-electron chi connectivity index (χ4n) is 4.66. The van der Waals surface area contributed by atoms with Gasteiger partial charge >= 0.3 is 5.97 Å². The number of amides is 2. The molecule has 38 heavy (non-hydrogen) atoms. The SMILES string of the molecule is CCOC(=O)C1(CC2CC2)CNC(=O)CCCN(S(C)(=O)=O)CCNC(=O)COc2cc(ccc2OC)C1. The number of carbonyl (C=O) groups excluding carboxylic acids is 3. The summed E-state index contributed by atoms with van der Waals surface area (Å²) in [4.78, 5) is 38.6. The average molecular weight is 554 g/mol. The van der Waals surface area contributed by atoms with Crippen LogP contribution in [-0.2, 0) is 35.6 Å². The minimum absolute atomic E-state index is 0.0678. The van der Waals surface area contributed by atoms with Crippen LogP contribution in [0.3, 0.4) is 0 Å². The number of ether oxygens (including phenoxy) is 3. The molecule has 1 atom stereocenters. The zero-order valence-electron chi connectivity index (χ0n) is 22.4. The Kier molecular flexibility index (Phi) is 10.4. The van der Waals surface area contributed by atoms with Crippen molar-refractivity contribution in [3.8, 4) is 11.5 Å². The highest BCUT2D eigenvalue weighted by Crippen LogP contribution is 2.43. The van der Waals surface area contributed by atoms with Gasteiger partial charge in [-0.1, -0.05) is 18.9 Å². The molecule has 212 valence electrons. The molecule has 0 aromatic heterocycles. The van der Waals surface area contributed by atoms with Gasteiger partial charge in [-0.25, -0.2) is 12.7 Å². The predicted molar refractivity (Wildman–Crippen MR) is 140 cm³/mol. The van der Waals surface area contributed by atoms with Crippen molar-refractivity contribution >= 4 is 27.8 Å². The highest BCUT2D eigenvalue weighted by atomic mass is 32.2. The monoisotopic (exact) mass is 553 g/mol. The van der Waals surface area contributed by atoms with E-state index in [0.717, 1.165) is 24.7 Å². The number of nitrogens with one attached hydrogen (secondary N) is 2. The Bertz CT molecular complexity index is 1110. The van der Waals surface area contributed by atoms with E-state index in [2.05, 4.69) is 10.6 Å². The molecule has 1 aliphatic carbocycles. The lowest BCUT2D eigenvalue weighted by Gasteiger charge is -2.32. The maximum atomic E-state index is 13.4. The van der Waals surface area contributed by atoms with Crippen molar-refractivity contribution in [2.45, 2.75) is 45.4 Å². The van der Waals surface area contributed by atoms with Gasteiger partial charge in [0.15, 0.2) is 18.1 Å². The van der Waals surface area contributed by atoms with E-state index < -0.39 is 21.3 Å². The summed E-state index contributed by atoms with van der Waals surface area (Å²) in [5.41, 5.74) is -0.200. The fourth-order valence-corrected chi connectivity index (χ4v) is 5.54. The van der Waals surface area contributed by atoms with E-state index in [1.165, 1.54) is 11.4 Å². The summed E-state index contributed by atoms with van der Waals surface area (Å²) in [5, 5.41) is 5.58. The van der Waals surface area contributed by atoms with Gasteiger partial charge in [0, 0.05) is 32.6 Å². The summed E-state index contributed by atoms with van der Waals surface area (Å²) in [7, 11) is -2.04. The van der Waals surface area contributed by atoms with Gasteiger partial charge < -0.3 is 24.8 Å². The molecule has 1 fully saturated rings. The molecular weight excluding hydrogens is 514 g/mol. The third-order valence-corrected chi connectivity index (χ3v) is 8.10. The molecule has 2 amide bonds. The number of fused-ring (bicyclic) bond motifs is 2. The van der Waals surface area contributed by atoms with Gasteiger partial charge in [0.1, 0.15) is 0 Å². The van der Waals surface area contributed by atoms with Crippen LogP contribution < -0.4 is 20.1 Å². The third-order valence-electron chi connectivity index (χ3n) is 6.80. The molecule has 1 aromatic rings. The molecule has 0 saturated heterocycles. The molecule has 3 rings (SSSR count). The van der Waals surface area contributed by atoms with Crippen molar-refractivity contribution in [2.24, 2.45) is 11.3 Å². The maximum Gasteiger partial charge on any atom is 0.314 e. The van der Waals surface area contributed by atoms with Gasteiger partial charge in [-0.2, -0.15) is 0 Å². The summed E-state index contributed by atoms with van der Waals surface area (Å²) in [6, 6.07) is 5.30. The number of carbonyl (C=O) groups is 3. The summed E-state index contributed by atoms with van der Waals surface area (Å²) in [6.45, 7) is 2.07. The van der Waals surface area contributed by atoms with Crippen LogP contribution in [0.5, 0.6) is 11.5 Å². The number of methoxy groups -OCH3 is 1. The topological polar surface area (TPSA) is 140 Å². The van der Waals surface area contributed by atoms with E-state index in [1.54, 1.807) is 19.1 Å². The fraction of sp³-hybridized carbons (Fsp3) is 0.654. The second-order valence-corrected chi connectivity index (χ2v) is 12.0. The minimum atomic E-state index is -3.54. The summed E-state index contributed by atoms with van der Waals surface area (Å²) >= 11 is 0. The van der Waals surface area contributed by atoms with Crippen LogP contribution in [-0.4, -0.2) is 83.3 Å². The average Bonchev–Trinajstić information content (AvgIpc) is 3.68. The molecule has 0 radical (unpaired) electrons. The lowest BCUT2D eigenvalue weighted by atomic mass is 9.76. The van der Waals surface area contributed by atoms with Gasteiger partial charge in [0.05, 0.1) is 25.4 Å². The van der Waals surface area contributed by atoms with Crippen molar-refractivity contribution in [3.63, 3.8) is 0 Å². The summed E-state index contributed by atoms with van der Waals surface area (Å²) < 4.78 is 42.3. The number of hydrogen-bond donors (Lipinski definition) is 2. The van der Waals surface area contributed by atoms with Gasteiger partial charge in [0.25, 0.3) is 5.91 Å². The molecular formula is C26H39N3O8S. The van der Waals surface area contributed by atoms with Crippen molar-refractivity contribution in [1.82, 2.24) is 14.9 Å². The van der Waals surface area contributed by atoms with Crippen LogP contribution >= 0.6 is 0 Å². The highest BCUT2D eigenvalue weighted by molar-refractivity contribution is 7.88. The van der Waals surface area contributed by atoms with Crippen LogP contribution in [0, 0.1) is 11.3 Å². The van der Waals surface area contributed by atoms with Crippen molar-refractivity contribution < 1.29 is 37.0 Å². The standard InChI is InChI=1S/C26H39N3O8S/c1-4-36-25(32)26(15-19-7-8-19)16-20-9-10-21(35-2)22(14-20)37-17-24(31)27-11-13-29(38(3,33)34)12-5-6-23(30)28-18-26/h9-10,14,19H,4-8,11-13,15-18H2,1-3H3,(H,27,31)(H,28,30). The zero-order chi connectivity index (χ0) is 27.8. The minimum Gasteiger partial charge on any atom is -0.493 e. The second-order valence-electron chi connectivity index (χ2n) is 9.99. The second kappa shape index (κ2) is 13.3. The smallest absolute Gasteiger partial charge is 0.314 e. The van der Waals surface area contributed by atoms with E-state index in [1.807, 2.05) is 6.07 Å². The van der Waals surface area contributed by atoms with Crippen LogP contribution in [0.25, 0.3) is 0 Å². The van der Waals surface area contributed by atoms with Gasteiger partial charge in [-0.15, -0.1) is 0 Å². The highest BCUT2D eigenvalue weighted by Gasteiger charge is 2.44. The van der Waals surface area contributed by atoms with Crippen LogP contribution in [0.1, 0.15) is 44.6 Å². The number of sulfonamides is 1. The number of rotatable bonds is 6. The first-order chi connectivity index (χ1) is 18.1. The Balaban J connectivity index is 1.93. The van der Waals surface area contributed by atoms with Crippen LogP contribution in [0.15, 0.2) is 18.2 Å². The molecule has 11 nitrogen and oxygen atoms in total. The zero-order valence-corrected chi connectivity index (χ0v) is 23.2. The number of esters is 1. The molecule has 1 aromatic carbocycles. The summed E-state index contributed by atoms with van der Waals surface area (Å²) in [6.07, 6.45) is 4.39. The number of nitrogens with zero attached hydrogens (tertiary/aromatic N) is 1. The lowest BCUT2D eigenvalue weighted by Crippen LogP contribution is -2.46. The molecule has 0 spiro atoms. The number of benzene rings is 1. The van der Waals surface area contributed by atoms with Crippen LogP contribution in [0.4, 0.5) is 0 Å². The Morgan fingerprint density at radius 2 is 1.95 bits per heavy atom. The number of hydrogen-bond acceptors (Lipinski definition) is 8. The van der Waals surface area contributed by atoms with E-state index in [0.29, 0.717) is 36.7 Å². The summed E-state index contributed by atoms with van der Waals surface area (Å²) in [5.74, 6) is 0.0819. The van der Waals surface area contributed by atoms with Crippen molar-refractivity contribution in [1.29, 1.82) is 0 Å². The lowest BCUT2D eigenvalue weighted by molar-refractivity contribution is -0.156. The maximum absolute atomic E-state index is 13.4. The molecule has 1 heterocycles. The van der Waals surface area contributed by atoms with Gasteiger partial charge in [-0.05, 0) is 49.8 Å². The van der Waals surface area contributed by atoms with E-state index >= 15 is 0 Å². The first kappa shape index (κ1) is 29.7. The van der Waals surface area contributed by atoms with Gasteiger partial charge in [-0.3, -0.25) is 14.4 Å². The largest absolute Gasteiger partial charge is 0.493 e. The molecule has 1 saturated carbocycles. The molecule has 1 unspecified atom stereocenters. The molecule has 12 heteroatoms. The Morgan fingerprint density at radius 3 is 2.61 bits per heavy atom. The molecule has 2 aliphatic rings. The van der Waals surface area contributed by atoms with Crippen molar-refractivity contribution in [3.05, 3.63) is 23.8 Å². The Morgan fingerprint density at radius 1 is 1.18 bits per heavy atom.